The Morgan fingerprint density at radius 1 is 1.25 bits per heavy atom. The van der Waals surface area contributed by atoms with Gasteiger partial charge >= 0.3 is 0 Å². The molecule has 0 aromatic carbocycles. The van der Waals surface area contributed by atoms with Gasteiger partial charge in [0.05, 0.1) is 6.61 Å². The van der Waals surface area contributed by atoms with Crippen molar-refractivity contribution in [1.82, 2.24) is 5.32 Å². The Morgan fingerprint density at radius 3 is 2.50 bits per heavy atom. The summed E-state index contributed by atoms with van der Waals surface area (Å²) in [4.78, 5) is 0. The highest BCUT2D eigenvalue weighted by molar-refractivity contribution is 4.60. The Labute approximate surface area is 76.7 Å². The maximum atomic E-state index is 5.15. The van der Waals surface area contributed by atoms with Crippen LogP contribution in [-0.4, -0.2) is 26.8 Å². The van der Waals surface area contributed by atoms with Gasteiger partial charge in [-0.1, -0.05) is 20.3 Å². The largest absolute Gasteiger partial charge is 0.384 e. The molecule has 0 saturated carbocycles. The van der Waals surface area contributed by atoms with E-state index in [-0.39, 0.29) is 0 Å². The molecule has 0 rings (SSSR count). The summed E-state index contributed by atoms with van der Waals surface area (Å²) < 4.78 is 5.15. The molecular formula is C10H23NO. The fourth-order valence-corrected chi connectivity index (χ4v) is 1.37. The van der Waals surface area contributed by atoms with Crippen LogP contribution in [0.4, 0.5) is 0 Å². The lowest BCUT2D eigenvalue weighted by molar-refractivity contribution is 0.146. The Bertz CT molecular complexity index is 79.9. The predicted octanol–water partition coefficient (Wildman–Crippen LogP) is 2.05. The van der Waals surface area contributed by atoms with E-state index in [2.05, 4.69) is 19.2 Å². The predicted molar refractivity (Wildman–Crippen MR) is 53.4 cm³/mol. The van der Waals surface area contributed by atoms with E-state index in [9.17, 15) is 0 Å². The van der Waals surface area contributed by atoms with Crippen molar-refractivity contribution in [3.63, 3.8) is 0 Å². The standard InChI is InChI=1S/C10H23NO/c1-4-6-10(9-12-3)8-11-7-5-2/h10-11H,4-9H2,1-3H3. The lowest BCUT2D eigenvalue weighted by Crippen LogP contribution is -2.26. The van der Waals surface area contributed by atoms with Gasteiger partial charge in [-0.3, -0.25) is 0 Å². The first-order chi connectivity index (χ1) is 5.85. The number of hydrogen-bond donors (Lipinski definition) is 1. The molecule has 2 nitrogen and oxygen atoms in total. The lowest BCUT2D eigenvalue weighted by Gasteiger charge is -2.15. The summed E-state index contributed by atoms with van der Waals surface area (Å²) in [5.41, 5.74) is 0. The molecule has 0 radical (unpaired) electrons. The van der Waals surface area contributed by atoms with Gasteiger partial charge in [0.1, 0.15) is 0 Å². The highest BCUT2D eigenvalue weighted by Crippen LogP contribution is 2.04. The van der Waals surface area contributed by atoms with Crippen molar-refractivity contribution < 1.29 is 4.74 Å². The molecular weight excluding hydrogens is 150 g/mol. The molecule has 0 aromatic heterocycles. The first-order valence-corrected chi connectivity index (χ1v) is 5.04. The summed E-state index contributed by atoms with van der Waals surface area (Å²) in [6, 6.07) is 0. The van der Waals surface area contributed by atoms with E-state index in [1.54, 1.807) is 7.11 Å². The molecule has 0 saturated heterocycles. The summed E-state index contributed by atoms with van der Waals surface area (Å²) in [5, 5.41) is 3.42. The monoisotopic (exact) mass is 173 g/mol. The molecule has 0 aliphatic heterocycles. The number of ether oxygens (including phenoxy) is 1. The molecule has 0 aliphatic carbocycles. The van der Waals surface area contributed by atoms with Gasteiger partial charge < -0.3 is 10.1 Å². The molecule has 0 aromatic rings. The van der Waals surface area contributed by atoms with Crippen LogP contribution >= 0.6 is 0 Å². The van der Waals surface area contributed by atoms with E-state index in [0.717, 1.165) is 19.7 Å². The van der Waals surface area contributed by atoms with Gasteiger partial charge in [0.25, 0.3) is 0 Å². The van der Waals surface area contributed by atoms with Crippen molar-refractivity contribution in [2.75, 3.05) is 26.8 Å². The maximum absolute atomic E-state index is 5.15. The van der Waals surface area contributed by atoms with Crippen LogP contribution in [0.5, 0.6) is 0 Å². The SMILES string of the molecule is CCCNCC(CCC)COC. The van der Waals surface area contributed by atoms with Gasteiger partial charge in [-0.05, 0) is 25.3 Å². The Morgan fingerprint density at radius 2 is 2.00 bits per heavy atom. The Kier molecular flexibility index (Phi) is 8.95. The third-order valence-corrected chi connectivity index (χ3v) is 1.96. The van der Waals surface area contributed by atoms with Crippen molar-refractivity contribution in [2.45, 2.75) is 33.1 Å². The van der Waals surface area contributed by atoms with E-state index < -0.39 is 0 Å². The smallest absolute Gasteiger partial charge is 0.0502 e. The first-order valence-electron chi connectivity index (χ1n) is 5.04. The minimum Gasteiger partial charge on any atom is -0.384 e. The highest BCUT2D eigenvalue weighted by atomic mass is 16.5. The minimum atomic E-state index is 0.701. The molecule has 0 fully saturated rings. The minimum absolute atomic E-state index is 0.701. The van der Waals surface area contributed by atoms with E-state index >= 15 is 0 Å². The summed E-state index contributed by atoms with van der Waals surface area (Å²) in [6.45, 7) is 7.55. The number of nitrogens with one attached hydrogen (secondary N) is 1. The fraction of sp³-hybridized carbons (Fsp3) is 1.00. The molecule has 0 aliphatic rings. The molecule has 1 atom stereocenters. The zero-order chi connectivity index (χ0) is 9.23. The zero-order valence-corrected chi connectivity index (χ0v) is 8.73. The van der Waals surface area contributed by atoms with Crippen LogP contribution in [0.15, 0.2) is 0 Å². The number of methoxy groups -OCH3 is 1. The molecule has 74 valence electrons. The normalized spacial score (nSPS) is 13.2. The van der Waals surface area contributed by atoms with Gasteiger partial charge in [0.15, 0.2) is 0 Å². The summed E-state index contributed by atoms with van der Waals surface area (Å²) in [6.07, 6.45) is 3.73. The molecule has 0 amide bonds. The zero-order valence-electron chi connectivity index (χ0n) is 8.73. The van der Waals surface area contributed by atoms with Crippen molar-refractivity contribution in [3.05, 3.63) is 0 Å². The van der Waals surface area contributed by atoms with Crippen molar-refractivity contribution in [2.24, 2.45) is 5.92 Å². The van der Waals surface area contributed by atoms with Gasteiger partial charge in [0, 0.05) is 13.7 Å². The van der Waals surface area contributed by atoms with E-state index in [0.29, 0.717) is 5.92 Å². The van der Waals surface area contributed by atoms with Crippen LogP contribution in [0.25, 0.3) is 0 Å². The van der Waals surface area contributed by atoms with Crippen LogP contribution in [0.3, 0.4) is 0 Å². The molecule has 0 bridgehead atoms. The fourth-order valence-electron chi connectivity index (χ4n) is 1.37. The second kappa shape index (κ2) is 9.01. The maximum Gasteiger partial charge on any atom is 0.0502 e. The molecule has 1 unspecified atom stereocenters. The summed E-state index contributed by atoms with van der Waals surface area (Å²) >= 11 is 0. The van der Waals surface area contributed by atoms with Crippen molar-refractivity contribution in [3.8, 4) is 0 Å². The average Bonchev–Trinajstić information content (AvgIpc) is 2.06. The average molecular weight is 173 g/mol. The molecule has 0 heterocycles. The van der Waals surface area contributed by atoms with Crippen LogP contribution in [0.2, 0.25) is 0 Å². The first kappa shape index (κ1) is 11.9. The lowest BCUT2D eigenvalue weighted by atomic mass is 10.1. The van der Waals surface area contributed by atoms with Gasteiger partial charge in [-0.2, -0.15) is 0 Å². The third-order valence-electron chi connectivity index (χ3n) is 1.96. The third kappa shape index (κ3) is 6.62. The Hall–Kier alpha value is -0.0800. The summed E-state index contributed by atoms with van der Waals surface area (Å²) in [5.74, 6) is 0.701. The van der Waals surface area contributed by atoms with Crippen LogP contribution in [-0.2, 0) is 4.74 Å². The van der Waals surface area contributed by atoms with E-state index in [1.165, 1.54) is 19.3 Å². The summed E-state index contributed by atoms with van der Waals surface area (Å²) in [7, 11) is 1.78. The van der Waals surface area contributed by atoms with Gasteiger partial charge in [-0.25, -0.2) is 0 Å². The van der Waals surface area contributed by atoms with Gasteiger partial charge in [-0.15, -0.1) is 0 Å². The van der Waals surface area contributed by atoms with Crippen LogP contribution < -0.4 is 5.32 Å². The highest BCUT2D eigenvalue weighted by Gasteiger charge is 2.05. The Balaban J connectivity index is 3.34. The molecule has 12 heavy (non-hydrogen) atoms. The van der Waals surface area contributed by atoms with Crippen LogP contribution in [0.1, 0.15) is 33.1 Å². The molecule has 0 spiro atoms. The van der Waals surface area contributed by atoms with Crippen molar-refractivity contribution in [1.29, 1.82) is 0 Å². The molecule has 1 N–H and O–H groups in total. The van der Waals surface area contributed by atoms with E-state index in [4.69, 9.17) is 4.74 Å². The quantitative estimate of drug-likeness (QED) is 0.567. The number of rotatable bonds is 8. The van der Waals surface area contributed by atoms with E-state index in [1.807, 2.05) is 0 Å². The molecule has 2 heteroatoms. The second-order valence-corrected chi connectivity index (χ2v) is 3.31. The number of hydrogen-bond acceptors (Lipinski definition) is 2. The topological polar surface area (TPSA) is 21.3 Å². The van der Waals surface area contributed by atoms with Crippen LogP contribution in [0, 0.1) is 5.92 Å². The van der Waals surface area contributed by atoms with Gasteiger partial charge in [0.2, 0.25) is 0 Å². The second-order valence-electron chi connectivity index (χ2n) is 3.31. The van der Waals surface area contributed by atoms with Crippen molar-refractivity contribution >= 4 is 0 Å².